The number of pyridine rings is 1. The quantitative estimate of drug-likeness (QED) is 0.838. The fourth-order valence-corrected chi connectivity index (χ4v) is 2.50. The maximum atomic E-state index is 4.05. The maximum absolute atomic E-state index is 4.05. The van der Waals surface area contributed by atoms with Gasteiger partial charge in [-0.15, -0.1) is 0 Å². The predicted octanol–water partition coefficient (Wildman–Crippen LogP) is 3.31. The molecule has 1 saturated carbocycles. The van der Waals surface area contributed by atoms with Crippen molar-refractivity contribution >= 4 is 0 Å². The van der Waals surface area contributed by atoms with Gasteiger partial charge in [0.05, 0.1) is 0 Å². The molecular weight excluding hydrogens is 196 g/mol. The van der Waals surface area contributed by atoms with E-state index in [2.05, 4.69) is 29.4 Å². The minimum absolute atomic E-state index is 0.449. The summed E-state index contributed by atoms with van der Waals surface area (Å²) in [5, 5.41) is 3.64. The van der Waals surface area contributed by atoms with E-state index in [4.69, 9.17) is 0 Å². The highest BCUT2D eigenvalue weighted by molar-refractivity contribution is 5.13. The summed E-state index contributed by atoms with van der Waals surface area (Å²) in [5.74, 6) is 0.901. The minimum atomic E-state index is 0.449. The van der Waals surface area contributed by atoms with E-state index >= 15 is 0 Å². The minimum Gasteiger partial charge on any atom is -0.310 e. The molecule has 1 aliphatic carbocycles. The van der Waals surface area contributed by atoms with Gasteiger partial charge in [-0.05, 0) is 49.9 Å². The Morgan fingerprint density at radius 3 is 2.62 bits per heavy atom. The second kappa shape index (κ2) is 6.00. The van der Waals surface area contributed by atoms with Crippen LogP contribution in [-0.4, -0.2) is 11.5 Å². The molecule has 0 radical (unpaired) electrons. The van der Waals surface area contributed by atoms with Gasteiger partial charge in [0.1, 0.15) is 0 Å². The van der Waals surface area contributed by atoms with Gasteiger partial charge in [-0.1, -0.05) is 19.3 Å². The molecule has 0 saturated heterocycles. The normalized spacial score (nSPS) is 19.6. The number of hydrogen-bond donors (Lipinski definition) is 1. The summed E-state index contributed by atoms with van der Waals surface area (Å²) in [6.45, 7) is 3.40. The van der Waals surface area contributed by atoms with Gasteiger partial charge in [0.25, 0.3) is 0 Å². The lowest BCUT2D eigenvalue weighted by molar-refractivity contribution is 0.331. The van der Waals surface area contributed by atoms with Gasteiger partial charge in [-0.25, -0.2) is 0 Å². The van der Waals surface area contributed by atoms with E-state index in [1.54, 1.807) is 0 Å². The molecule has 1 fully saturated rings. The van der Waals surface area contributed by atoms with E-state index in [0.29, 0.717) is 6.04 Å². The number of nitrogens with zero attached hydrogens (tertiary/aromatic N) is 1. The van der Waals surface area contributed by atoms with Crippen molar-refractivity contribution in [1.82, 2.24) is 10.3 Å². The lowest BCUT2D eigenvalue weighted by Gasteiger charge is -2.24. The molecule has 0 bridgehead atoms. The summed E-state index contributed by atoms with van der Waals surface area (Å²) < 4.78 is 0. The Morgan fingerprint density at radius 2 is 1.94 bits per heavy atom. The van der Waals surface area contributed by atoms with Crippen LogP contribution in [0.3, 0.4) is 0 Å². The Kier molecular flexibility index (Phi) is 4.34. The second-order valence-electron chi connectivity index (χ2n) is 4.91. The highest BCUT2D eigenvalue weighted by atomic mass is 14.9. The largest absolute Gasteiger partial charge is 0.310 e. The molecule has 2 heteroatoms. The highest BCUT2D eigenvalue weighted by Crippen LogP contribution is 2.23. The fourth-order valence-electron chi connectivity index (χ4n) is 2.50. The highest BCUT2D eigenvalue weighted by Gasteiger charge is 2.14. The van der Waals surface area contributed by atoms with Crippen molar-refractivity contribution in [3.05, 3.63) is 30.1 Å². The van der Waals surface area contributed by atoms with Gasteiger partial charge in [0.15, 0.2) is 0 Å². The molecule has 2 nitrogen and oxygen atoms in total. The van der Waals surface area contributed by atoms with Crippen LogP contribution in [0.5, 0.6) is 0 Å². The monoisotopic (exact) mass is 218 g/mol. The van der Waals surface area contributed by atoms with Crippen LogP contribution in [0.25, 0.3) is 0 Å². The SMILES string of the molecule is C[C@@H](NCC1CCCCC1)c1ccncc1. The van der Waals surface area contributed by atoms with Gasteiger partial charge in [-0.3, -0.25) is 4.98 Å². The van der Waals surface area contributed by atoms with Crippen molar-refractivity contribution < 1.29 is 0 Å². The van der Waals surface area contributed by atoms with E-state index in [0.717, 1.165) is 5.92 Å². The summed E-state index contributed by atoms with van der Waals surface area (Å²) in [6.07, 6.45) is 10.9. The molecule has 1 aromatic heterocycles. The molecule has 1 heterocycles. The Labute approximate surface area is 98.5 Å². The summed E-state index contributed by atoms with van der Waals surface area (Å²) in [4.78, 5) is 4.05. The lowest BCUT2D eigenvalue weighted by atomic mass is 9.89. The van der Waals surface area contributed by atoms with Gasteiger partial charge < -0.3 is 5.32 Å². The molecule has 0 amide bonds. The summed E-state index contributed by atoms with van der Waals surface area (Å²) in [5.41, 5.74) is 1.34. The van der Waals surface area contributed by atoms with Crippen molar-refractivity contribution in [2.24, 2.45) is 5.92 Å². The molecule has 1 atom stereocenters. The first kappa shape index (κ1) is 11.6. The van der Waals surface area contributed by atoms with E-state index < -0.39 is 0 Å². The van der Waals surface area contributed by atoms with Crippen LogP contribution in [0.2, 0.25) is 0 Å². The number of hydrogen-bond acceptors (Lipinski definition) is 2. The van der Waals surface area contributed by atoms with Gasteiger partial charge in [0.2, 0.25) is 0 Å². The molecule has 0 spiro atoms. The zero-order valence-electron chi connectivity index (χ0n) is 10.2. The number of rotatable bonds is 4. The van der Waals surface area contributed by atoms with Crippen molar-refractivity contribution in [2.45, 2.75) is 45.1 Å². The van der Waals surface area contributed by atoms with Crippen LogP contribution in [0.1, 0.15) is 50.6 Å². The van der Waals surface area contributed by atoms with Crippen LogP contribution in [0.15, 0.2) is 24.5 Å². The molecule has 0 unspecified atom stereocenters. The second-order valence-corrected chi connectivity index (χ2v) is 4.91. The van der Waals surface area contributed by atoms with Crippen LogP contribution < -0.4 is 5.32 Å². The van der Waals surface area contributed by atoms with Crippen molar-refractivity contribution in [1.29, 1.82) is 0 Å². The zero-order valence-corrected chi connectivity index (χ0v) is 10.2. The summed E-state index contributed by atoms with van der Waals surface area (Å²) in [6, 6.07) is 4.64. The maximum Gasteiger partial charge on any atom is 0.0293 e. The molecule has 0 aliphatic heterocycles. The Hall–Kier alpha value is -0.890. The summed E-state index contributed by atoms with van der Waals surface area (Å²) in [7, 11) is 0. The standard InChI is InChI=1S/C14H22N2/c1-12(14-7-9-15-10-8-14)16-11-13-5-3-2-4-6-13/h7-10,12-13,16H,2-6,11H2,1H3/t12-/m1/s1. The molecule has 16 heavy (non-hydrogen) atoms. The molecule has 1 N–H and O–H groups in total. The van der Waals surface area contributed by atoms with Gasteiger partial charge >= 0.3 is 0 Å². The Balaban J connectivity index is 1.77. The van der Waals surface area contributed by atoms with E-state index in [1.165, 1.54) is 44.2 Å². The van der Waals surface area contributed by atoms with Crippen LogP contribution >= 0.6 is 0 Å². The first-order chi connectivity index (χ1) is 7.86. The first-order valence-corrected chi connectivity index (χ1v) is 6.49. The fraction of sp³-hybridized carbons (Fsp3) is 0.643. The smallest absolute Gasteiger partial charge is 0.0293 e. The molecule has 0 aromatic carbocycles. The predicted molar refractivity (Wildman–Crippen MR) is 67.2 cm³/mol. The lowest BCUT2D eigenvalue weighted by Crippen LogP contribution is -2.27. The molecule has 1 aromatic rings. The third kappa shape index (κ3) is 3.31. The van der Waals surface area contributed by atoms with Crippen LogP contribution in [0, 0.1) is 5.92 Å². The average molecular weight is 218 g/mol. The third-order valence-electron chi connectivity index (χ3n) is 3.64. The van der Waals surface area contributed by atoms with Crippen molar-refractivity contribution in [3.8, 4) is 0 Å². The van der Waals surface area contributed by atoms with E-state index in [-0.39, 0.29) is 0 Å². The Bertz CT molecular complexity index is 291. The first-order valence-electron chi connectivity index (χ1n) is 6.49. The molecule has 88 valence electrons. The van der Waals surface area contributed by atoms with Crippen LogP contribution in [-0.2, 0) is 0 Å². The molecule has 1 aliphatic rings. The molecular formula is C14H22N2. The van der Waals surface area contributed by atoms with Crippen molar-refractivity contribution in [2.75, 3.05) is 6.54 Å². The topological polar surface area (TPSA) is 24.9 Å². The van der Waals surface area contributed by atoms with Crippen molar-refractivity contribution in [3.63, 3.8) is 0 Å². The van der Waals surface area contributed by atoms with Gasteiger partial charge in [0, 0.05) is 18.4 Å². The van der Waals surface area contributed by atoms with Gasteiger partial charge in [-0.2, -0.15) is 0 Å². The third-order valence-corrected chi connectivity index (χ3v) is 3.64. The van der Waals surface area contributed by atoms with Crippen LogP contribution in [0.4, 0.5) is 0 Å². The zero-order chi connectivity index (χ0) is 11.2. The number of aromatic nitrogens is 1. The Morgan fingerprint density at radius 1 is 1.25 bits per heavy atom. The van der Waals surface area contributed by atoms with E-state index in [9.17, 15) is 0 Å². The average Bonchev–Trinajstić information content (AvgIpc) is 2.38. The van der Waals surface area contributed by atoms with E-state index in [1.807, 2.05) is 12.4 Å². The molecule has 2 rings (SSSR count). The summed E-state index contributed by atoms with van der Waals surface area (Å²) >= 11 is 0. The number of nitrogens with one attached hydrogen (secondary N) is 1.